The molecule has 0 fully saturated rings. The molecular formula is C10H17BO2. The van der Waals surface area contributed by atoms with Crippen LogP contribution in [0.5, 0.6) is 0 Å². The van der Waals surface area contributed by atoms with Gasteiger partial charge in [0.25, 0.3) is 0 Å². The Bertz CT molecular complexity index is 193. The second-order valence-corrected chi connectivity index (χ2v) is 1.87. The van der Waals surface area contributed by atoms with Crippen molar-refractivity contribution in [3.8, 4) is 0 Å². The van der Waals surface area contributed by atoms with Crippen molar-refractivity contribution in [2.24, 2.45) is 0 Å². The van der Waals surface area contributed by atoms with E-state index in [2.05, 4.69) is 13.2 Å². The molecule has 72 valence electrons. The van der Waals surface area contributed by atoms with Gasteiger partial charge >= 0.3 is 7.12 Å². The zero-order chi connectivity index (χ0) is 10.7. The molecule has 0 saturated carbocycles. The summed E-state index contributed by atoms with van der Waals surface area (Å²) in [5.74, 6) is 0. The first kappa shape index (κ1) is 14.5. The lowest BCUT2D eigenvalue weighted by Gasteiger charge is -1.95. The number of allylic oxidation sites excluding steroid dienone is 6. The molecule has 0 bridgehead atoms. The fraction of sp³-hybridized carbons (Fsp3) is 0.200. The Labute approximate surface area is 80.8 Å². The van der Waals surface area contributed by atoms with Gasteiger partial charge in [-0.25, -0.2) is 0 Å². The van der Waals surface area contributed by atoms with E-state index in [1.807, 2.05) is 13.8 Å². The van der Waals surface area contributed by atoms with Crippen molar-refractivity contribution in [3.63, 3.8) is 0 Å². The van der Waals surface area contributed by atoms with E-state index in [9.17, 15) is 0 Å². The van der Waals surface area contributed by atoms with E-state index in [0.717, 1.165) is 0 Å². The van der Waals surface area contributed by atoms with E-state index in [-0.39, 0.29) is 0 Å². The molecule has 0 aromatic carbocycles. The van der Waals surface area contributed by atoms with Crippen molar-refractivity contribution in [2.45, 2.75) is 13.8 Å². The molecule has 2 nitrogen and oxygen atoms in total. The maximum atomic E-state index is 8.72. The van der Waals surface area contributed by atoms with E-state index in [4.69, 9.17) is 10.0 Å². The van der Waals surface area contributed by atoms with Crippen LogP contribution in [0.1, 0.15) is 13.8 Å². The lowest BCUT2D eigenvalue weighted by molar-refractivity contribution is 0.420. The molecule has 13 heavy (non-hydrogen) atoms. The minimum absolute atomic E-state index is 0.389. The third kappa shape index (κ3) is 8.85. The molecule has 3 heteroatoms. The zero-order valence-electron chi connectivity index (χ0n) is 8.27. The van der Waals surface area contributed by atoms with Gasteiger partial charge in [-0.2, -0.15) is 0 Å². The third-order valence-corrected chi connectivity index (χ3v) is 1.03. The van der Waals surface area contributed by atoms with Crippen LogP contribution < -0.4 is 0 Å². The lowest BCUT2D eigenvalue weighted by Crippen LogP contribution is -2.13. The standard InChI is InChI=1S/C8H11BO2.C2H6/c1-3-5-7-8(6-4-2)9(10)11;1-2/h3-7,10-11H,1-2H2;1-2H3/b7-5-,8-6+;. The van der Waals surface area contributed by atoms with E-state index < -0.39 is 7.12 Å². The maximum Gasteiger partial charge on any atom is 0.488 e. The topological polar surface area (TPSA) is 40.5 Å². The summed E-state index contributed by atoms with van der Waals surface area (Å²) in [7, 11) is -1.45. The summed E-state index contributed by atoms with van der Waals surface area (Å²) in [5, 5.41) is 17.4. The van der Waals surface area contributed by atoms with E-state index >= 15 is 0 Å². The summed E-state index contributed by atoms with van der Waals surface area (Å²) < 4.78 is 0. The second-order valence-electron chi connectivity index (χ2n) is 1.87. The molecule has 0 atom stereocenters. The zero-order valence-corrected chi connectivity index (χ0v) is 8.27. The minimum atomic E-state index is -1.45. The van der Waals surface area contributed by atoms with E-state index in [0.29, 0.717) is 5.47 Å². The van der Waals surface area contributed by atoms with Gasteiger partial charge in [0, 0.05) is 0 Å². The van der Waals surface area contributed by atoms with Crippen LogP contribution in [0.2, 0.25) is 0 Å². The van der Waals surface area contributed by atoms with Gasteiger partial charge in [-0.3, -0.25) is 0 Å². The highest BCUT2D eigenvalue weighted by molar-refractivity contribution is 6.51. The smallest absolute Gasteiger partial charge is 0.423 e. The average Bonchev–Trinajstić information content (AvgIpc) is 2.15. The van der Waals surface area contributed by atoms with Gasteiger partial charge in [-0.05, 0) is 5.47 Å². The first-order valence-electron chi connectivity index (χ1n) is 4.20. The highest BCUT2D eigenvalue weighted by Crippen LogP contribution is 1.98. The molecule has 0 aromatic heterocycles. The molecule has 0 aliphatic heterocycles. The van der Waals surface area contributed by atoms with Crippen LogP contribution >= 0.6 is 0 Å². The van der Waals surface area contributed by atoms with Crippen LogP contribution in [0.4, 0.5) is 0 Å². The Morgan fingerprint density at radius 1 is 1.15 bits per heavy atom. The first-order valence-corrected chi connectivity index (χ1v) is 4.20. The second kappa shape index (κ2) is 10.9. The highest BCUT2D eigenvalue weighted by Gasteiger charge is 2.09. The Morgan fingerprint density at radius 2 is 1.69 bits per heavy atom. The van der Waals surface area contributed by atoms with Gasteiger partial charge in [0.1, 0.15) is 0 Å². The normalized spacial score (nSPS) is 10.3. The molecule has 0 rings (SSSR count). The van der Waals surface area contributed by atoms with Crippen LogP contribution in [0, 0.1) is 0 Å². The van der Waals surface area contributed by atoms with Gasteiger partial charge in [-0.15, -0.1) is 0 Å². The van der Waals surface area contributed by atoms with Crippen LogP contribution in [0.25, 0.3) is 0 Å². The van der Waals surface area contributed by atoms with E-state index in [1.54, 1.807) is 18.2 Å². The van der Waals surface area contributed by atoms with Crippen LogP contribution in [0.15, 0.2) is 49.0 Å². The summed E-state index contributed by atoms with van der Waals surface area (Å²) in [6, 6.07) is 0. The predicted molar refractivity (Wildman–Crippen MR) is 59.2 cm³/mol. The van der Waals surface area contributed by atoms with Gasteiger partial charge in [0.05, 0.1) is 0 Å². The number of hydrogen-bond acceptors (Lipinski definition) is 2. The highest BCUT2D eigenvalue weighted by atomic mass is 16.4. The fourth-order valence-electron chi connectivity index (χ4n) is 0.543. The van der Waals surface area contributed by atoms with Crippen molar-refractivity contribution >= 4 is 7.12 Å². The van der Waals surface area contributed by atoms with Crippen molar-refractivity contribution in [3.05, 3.63) is 49.0 Å². The van der Waals surface area contributed by atoms with Crippen molar-refractivity contribution in [1.29, 1.82) is 0 Å². The van der Waals surface area contributed by atoms with Crippen molar-refractivity contribution < 1.29 is 10.0 Å². The molecule has 2 N–H and O–H groups in total. The monoisotopic (exact) mass is 180 g/mol. The van der Waals surface area contributed by atoms with Crippen LogP contribution in [0.3, 0.4) is 0 Å². The molecule has 0 unspecified atom stereocenters. The number of rotatable bonds is 4. The Hall–Kier alpha value is -1.06. The SMILES string of the molecule is C=C/C=C\C(=C/C=C)B(O)O.CC. The quantitative estimate of drug-likeness (QED) is 0.512. The minimum Gasteiger partial charge on any atom is -0.423 e. The summed E-state index contributed by atoms with van der Waals surface area (Å²) >= 11 is 0. The van der Waals surface area contributed by atoms with Gasteiger partial charge in [0.2, 0.25) is 0 Å². The predicted octanol–water partition coefficient (Wildman–Crippen LogP) is 1.88. The molecule has 0 aliphatic rings. The summed E-state index contributed by atoms with van der Waals surface area (Å²) in [5.41, 5.74) is 0.389. The van der Waals surface area contributed by atoms with Gasteiger partial charge in [-0.1, -0.05) is 57.4 Å². The average molecular weight is 180 g/mol. The molecule has 0 radical (unpaired) electrons. The van der Waals surface area contributed by atoms with Crippen molar-refractivity contribution in [1.82, 2.24) is 0 Å². The molecule has 0 aliphatic carbocycles. The molecule has 0 aromatic rings. The van der Waals surface area contributed by atoms with Gasteiger partial charge < -0.3 is 10.0 Å². The molecule has 0 spiro atoms. The van der Waals surface area contributed by atoms with E-state index in [1.165, 1.54) is 12.2 Å². The fourth-order valence-corrected chi connectivity index (χ4v) is 0.543. The third-order valence-electron chi connectivity index (χ3n) is 1.03. The molecule has 0 amide bonds. The summed E-state index contributed by atoms with van der Waals surface area (Å²) in [6.07, 6.45) is 7.74. The molecule has 0 saturated heterocycles. The summed E-state index contributed by atoms with van der Waals surface area (Å²) in [6.45, 7) is 10.9. The Kier molecular flexibility index (Phi) is 12.2. The molecule has 0 heterocycles. The largest absolute Gasteiger partial charge is 0.488 e. The maximum absolute atomic E-state index is 8.72. The van der Waals surface area contributed by atoms with Crippen LogP contribution in [-0.2, 0) is 0 Å². The Balaban J connectivity index is 0. The lowest BCUT2D eigenvalue weighted by atomic mass is 9.79. The Morgan fingerprint density at radius 3 is 2.00 bits per heavy atom. The summed E-state index contributed by atoms with van der Waals surface area (Å²) in [4.78, 5) is 0. The van der Waals surface area contributed by atoms with Gasteiger partial charge in [0.15, 0.2) is 0 Å². The van der Waals surface area contributed by atoms with Crippen LogP contribution in [-0.4, -0.2) is 17.2 Å². The van der Waals surface area contributed by atoms with Crippen molar-refractivity contribution in [2.75, 3.05) is 0 Å². The number of hydrogen-bond donors (Lipinski definition) is 2. The molecular weight excluding hydrogens is 163 g/mol. The first-order chi connectivity index (χ1) is 6.22.